The predicted molar refractivity (Wildman–Crippen MR) is 150 cm³/mol. The molecule has 2 heterocycles. The van der Waals surface area contributed by atoms with Gasteiger partial charge in [-0.3, -0.25) is 4.98 Å². The van der Waals surface area contributed by atoms with Gasteiger partial charge >= 0.3 is 18.0 Å². The van der Waals surface area contributed by atoms with Crippen molar-refractivity contribution in [2.45, 2.75) is 73.6 Å². The summed E-state index contributed by atoms with van der Waals surface area (Å²) in [5.74, 6) is -0.786. The zero-order valence-electron chi connectivity index (χ0n) is 24.5. The summed E-state index contributed by atoms with van der Waals surface area (Å²) in [4.78, 5) is 43.1. The Morgan fingerprint density at radius 1 is 1.02 bits per heavy atom. The van der Waals surface area contributed by atoms with Crippen molar-refractivity contribution in [3.63, 3.8) is 0 Å². The number of pyridine rings is 1. The van der Waals surface area contributed by atoms with Crippen molar-refractivity contribution in [1.82, 2.24) is 10.3 Å². The van der Waals surface area contributed by atoms with E-state index in [2.05, 4.69) is 19.2 Å². The molecule has 0 aliphatic heterocycles. The number of carbonyl (C=O) groups is 3. The Labute approximate surface area is 235 Å². The third-order valence-corrected chi connectivity index (χ3v) is 6.00. The molecule has 1 N–H and O–H groups in total. The van der Waals surface area contributed by atoms with Gasteiger partial charge in [0, 0.05) is 23.4 Å². The number of furan rings is 1. The van der Waals surface area contributed by atoms with Crippen LogP contribution in [0.4, 0.5) is 4.79 Å². The lowest BCUT2D eigenvalue weighted by Gasteiger charge is -2.23. The number of amides is 1. The molecule has 0 radical (unpaired) electrons. The Morgan fingerprint density at radius 3 is 2.30 bits per heavy atom. The normalized spacial score (nSPS) is 11.3. The van der Waals surface area contributed by atoms with Crippen molar-refractivity contribution in [3.05, 3.63) is 76.0 Å². The van der Waals surface area contributed by atoms with Crippen LogP contribution in [0.2, 0.25) is 0 Å². The Morgan fingerprint density at radius 2 is 1.70 bits per heavy atom. The molecular weight excluding hydrogens is 512 g/mol. The summed E-state index contributed by atoms with van der Waals surface area (Å²) in [5, 5.41) is 2.84. The van der Waals surface area contributed by atoms with Gasteiger partial charge in [-0.25, -0.2) is 14.4 Å². The minimum Gasteiger partial charge on any atom is -0.465 e. The molecule has 1 aromatic carbocycles. The number of nitrogens with one attached hydrogen (secondary N) is 1. The predicted octanol–water partition coefficient (Wildman–Crippen LogP) is 6.33. The minimum absolute atomic E-state index is 0.0956. The number of hydrogen-bond acceptors (Lipinski definition) is 8. The molecule has 214 valence electrons. The van der Waals surface area contributed by atoms with E-state index in [0.717, 1.165) is 16.8 Å². The molecule has 0 bridgehead atoms. The Bertz CT molecular complexity index is 1370. The monoisotopic (exact) mass is 550 g/mol. The van der Waals surface area contributed by atoms with Gasteiger partial charge in [-0.15, -0.1) is 0 Å². The van der Waals surface area contributed by atoms with Gasteiger partial charge in [0.2, 0.25) is 0 Å². The van der Waals surface area contributed by atoms with E-state index >= 15 is 0 Å². The molecule has 0 aliphatic carbocycles. The molecule has 9 heteroatoms. The van der Waals surface area contributed by atoms with Crippen LogP contribution in [0.1, 0.15) is 83.6 Å². The number of aromatic nitrogens is 1. The van der Waals surface area contributed by atoms with Crippen molar-refractivity contribution < 1.29 is 33.0 Å². The van der Waals surface area contributed by atoms with Gasteiger partial charge < -0.3 is 23.9 Å². The summed E-state index contributed by atoms with van der Waals surface area (Å²) in [6.45, 7) is 13.1. The number of alkyl carbamates (subject to hydrolysis) is 1. The molecule has 0 saturated carbocycles. The van der Waals surface area contributed by atoms with Crippen LogP contribution in [-0.4, -0.2) is 35.7 Å². The van der Waals surface area contributed by atoms with Crippen LogP contribution in [-0.2, 0) is 33.8 Å². The lowest BCUT2D eigenvalue weighted by atomic mass is 9.89. The second-order valence-corrected chi connectivity index (χ2v) is 11.0. The number of nitrogens with zero attached hydrogens (tertiary/aromatic N) is 1. The maximum absolute atomic E-state index is 13.7. The minimum atomic E-state index is -0.667. The summed E-state index contributed by atoms with van der Waals surface area (Å²) in [7, 11) is 1.26. The molecule has 0 saturated heterocycles. The molecule has 2 aromatic heterocycles. The number of benzene rings is 1. The molecule has 3 rings (SSSR count). The fourth-order valence-corrected chi connectivity index (χ4v) is 4.26. The fourth-order valence-electron chi connectivity index (χ4n) is 4.26. The van der Waals surface area contributed by atoms with E-state index in [1.165, 1.54) is 19.4 Å². The summed E-state index contributed by atoms with van der Waals surface area (Å²) < 4.78 is 21.2. The number of hydrogen-bond donors (Lipinski definition) is 1. The highest BCUT2D eigenvalue weighted by Crippen LogP contribution is 2.34. The maximum atomic E-state index is 13.7. The number of rotatable bonds is 9. The van der Waals surface area contributed by atoms with Gasteiger partial charge in [0.15, 0.2) is 12.4 Å². The number of esters is 2. The lowest BCUT2D eigenvalue weighted by Crippen LogP contribution is -2.32. The second kappa shape index (κ2) is 12.8. The average Bonchev–Trinajstić information content (AvgIpc) is 3.33. The second-order valence-electron chi connectivity index (χ2n) is 11.0. The van der Waals surface area contributed by atoms with E-state index in [1.54, 1.807) is 27.7 Å². The first-order valence-electron chi connectivity index (χ1n) is 13.2. The van der Waals surface area contributed by atoms with Crippen molar-refractivity contribution in [2.75, 3.05) is 7.11 Å². The van der Waals surface area contributed by atoms with Crippen LogP contribution in [0.3, 0.4) is 0 Å². The lowest BCUT2D eigenvalue weighted by molar-refractivity contribution is 0.0431. The largest absolute Gasteiger partial charge is 0.465 e. The van der Waals surface area contributed by atoms with Crippen LogP contribution in [0.15, 0.2) is 41.0 Å². The molecule has 0 unspecified atom stereocenters. The first kappa shape index (κ1) is 30.4. The van der Waals surface area contributed by atoms with Gasteiger partial charge in [-0.2, -0.15) is 0 Å². The molecule has 0 atom stereocenters. The van der Waals surface area contributed by atoms with Crippen LogP contribution < -0.4 is 5.32 Å². The first-order valence-corrected chi connectivity index (χ1v) is 13.2. The van der Waals surface area contributed by atoms with E-state index in [-0.39, 0.29) is 36.0 Å². The third kappa shape index (κ3) is 7.71. The highest BCUT2D eigenvalue weighted by molar-refractivity contribution is 5.99. The first-order chi connectivity index (χ1) is 18.8. The number of aryl methyl sites for hydroxylation is 2. The third-order valence-electron chi connectivity index (χ3n) is 6.00. The molecule has 0 spiro atoms. The van der Waals surface area contributed by atoms with Crippen LogP contribution in [0, 0.1) is 19.8 Å². The number of carbonyl (C=O) groups excluding carboxylic acids is 3. The topological polar surface area (TPSA) is 117 Å². The summed E-state index contributed by atoms with van der Waals surface area (Å²) >= 11 is 0. The van der Waals surface area contributed by atoms with Gasteiger partial charge in [0.1, 0.15) is 11.2 Å². The van der Waals surface area contributed by atoms with Crippen molar-refractivity contribution in [1.29, 1.82) is 0 Å². The van der Waals surface area contributed by atoms with Gasteiger partial charge in [0.25, 0.3) is 0 Å². The zero-order chi connectivity index (χ0) is 29.6. The zero-order valence-corrected chi connectivity index (χ0v) is 24.5. The van der Waals surface area contributed by atoms with Crippen LogP contribution in [0.5, 0.6) is 0 Å². The Hall–Kier alpha value is -4.14. The van der Waals surface area contributed by atoms with E-state index in [4.69, 9.17) is 23.6 Å². The highest BCUT2D eigenvalue weighted by Gasteiger charge is 2.27. The number of methoxy groups -OCH3 is 1. The quantitative estimate of drug-likeness (QED) is 0.243. The number of ether oxygens (including phenoxy) is 3. The van der Waals surface area contributed by atoms with Crippen molar-refractivity contribution in [3.8, 4) is 11.1 Å². The van der Waals surface area contributed by atoms with E-state index < -0.39 is 23.6 Å². The van der Waals surface area contributed by atoms with E-state index in [0.29, 0.717) is 23.2 Å². The Balaban J connectivity index is 2.10. The van der Waals surface area contributed by atoms with Crippen molar-refractivity contribution >= 4 is 18.0 Å². The van der Waals surface area contributed by atoms with E-state index in [1.807, 2.05) is 31.2 Å². The van der Waals surface area contributed by atoms with E-state index in [9.17, 15) is 14.4 Å². The smallest absolute Gasteiger partial charge is 0.407 e. The van der Waals surface area contributed by atoms with Crippen LogP contribution in [0.25, 0.3) is 11.1 Å². The van der Waals surface area contributed by atoms with Gasteiger partial charge in [-0.05, 0) is 58.6 Å². The van der Waals surface area contributed by atoms with Gasteiger partial charge in [0.05, 0.1) is 24.6 Å². The fraction of sp³-hybridized carbons (Fsp3) is 0.419. The average molecular weight is 551 g/mol. The molecule has 1 amide bonds. The Kier molecular flexibility index (Phi) is 9.74. The van der Waals surface area contributed by atoms with Crippen LogP contribution >= 0.6 is 0 Å². The summed E-state index contributed by atoms with van der Waals surface area (Å²) in [6.07, 6.45) is 1.40. The standard InChI is InChI=1S/C31H38N2O7/c1-18(2)15-24-23(16-32-30(36)40-31(5,6)7)27(21-11-9-19(3)10-12-21)26(20(4)33-24)29(35)39-17-25-22(13-14-38-25)28(34)37-8/h9-14,18H,15-17H2,1-8H3,(H,32,36). The SMILES string of the molecule is COC(=O)c1ccoc1COC(=O)c1c(C)nc(CC(C)C)c(CNC(=O)OC(C)(C)C)c1-c1ccc(C)cc1. The molecule has 0 fully saturated rings. The van der Waals surface area contributed by atoms with Crippen molar-refractivity contribution in [2.24, 2.45) is 5.92 Å². The summed E-state index contributed by atoms with van der Waals surface area (Å²) in [5.41, 5.74) is 4.21. The van der Waals surface area contributed by atoms with Gasteiger partial charge in [-0.1, -0.05) is 43.7 Å². The molecule has 9 nitrogen and oxygen atoms in total. The molecule has 3 aromatic rings. The molecular formula is C31H38N2O7. The highest BCUT2D eigenvalue weighted by atomic mass is 16.6. The maximum Gasteiger partial charge on any atom is 0.407 e. The summed E-state index contributed by atoms with van der Waals surface area (Å²) in [6, 6.07) is 9.23. The molecule has 0 aliphatic rings. The molecule has 40 heavy (non-hydrogen) atoms.